The molecule has 1 aliphatic carbocycles. The number of nitrogen functional groups attached to an aromatic ring is 1. The maximum Gasteiger partial charge on any atom is 0.0316 e. The molecule has 1 unspecified atom stereocenters. The van der Waals surface area contributed by atoms with E-state index >= 15 is 0 Å². The molecule has 0 radical (unpaired) electrons. The summed E-state index contributed by atoms with van der Waals surface area (Å²) in [7, 11) is 0. The number of anilines is 1. The van der Waals surface area contributed by atoms with Crippen molar-refractivity contribution < 1.29 is 0 Å². The van der Waals surface area contributed by atoms with Crippen molar-refractivity contribution in [1.82, 2.24) is 0 Å². The van der Waals surface area contributed by atoms with Crippen molar-refractivity contribution in [3.05, 3.63) is 64.7 Å². The van der Waals surface area contributed by atoms with Crippen molar-refractivity contribution in [2.24, 2.45) is 0 Å². The first-order valence-corrected chi connectivity index (χ1v) is 8.61. The Labute approximate surface area is 134 Å². The predicted molar refractivity (Wildman–Crippen MR) is 95.4 cm³/mol. The number of rotatable bonds is 3. The highest BCUT2D eigenvalue weighted by Crippen LogP contribution is 2.34. The van der Waals surface area contributed by atoms with Crippen LogP contribution in [0.4, 0.5) is 5.69 Å². The van der Waals surface area contributed by atoms with E-state index in [9.17, 15) is 0 Å². The molecular formula is C21H27N. The molecule has 0 aromatic heterocycles. The van der Waals surface area contributed by atoms with E-state index in [1.807, 2.05) is 6.07 Å². The number of hydrogen-bond donors (Lipinski definition) is 1. The Morgan fingerprint density at radius 1 is 0.955 bits per heavy atom. The molecule has 2 aromatic rings. The molecule has 0 aliphatic heterocycles. The van der Waals surface area contributed by atoms with Crippen LogP contribution in [0.5, 0.6) is 0 Å². The summed E-state index contributed by atoms with van der Waals surface area (Å²) in [5, 5.41) is 0. The van der Waals surface area contributed by atoms with Crippen molar-refractivity contribution in [1.29, 1.82) is 0 Å². The SMILES string of the molecule is Cc1cc(N)ccc1C(C)c1ccc(C2CCCCC2)cc1. The van der Waals surface area contributed by atoms with Crippen LogP contribution < -0.4 is 5.73 Å². The van der Waals surface area contributed by atoms with Crippen LogP contribution in [0.15, 0.2) is 42.5 Å². The average molecular weight is 293 g/mol. The molecule has 1 heteroatoms. The van der Waals surface area contributed by atoms with Gasteiger partial charge in [-0.1, -0.05) is 56.5 Å². The number of benzene rings is 2. The third-order valence-electron chi connectivity index (χ3n) is 5.27. The minimum Gasteiger partial charge on any atom is -0.399 e. The highest BCUT2D eigenvalue weighted by atomic mass is 14.5. The van der Waals surface area contributed by atoms with E-state index < -0.39 is 0 Å². The zero-order valence-electron chi connectivity index (χ0n) is 13.8. The maximum absolute atomic E-state index is 5.87. The summed E-state index contributed by atoms with van der Waals surface area (Å²) in [6, 6.07) is 15.6. The predicted octanol–water partition coefficient (Wildman–Crippen LogP) is 5.78. The quantitative estimate of drug-likeness (QED) is 0.713. The van der Waals surface area contributed by atoms with Crippen LogP contribution in [0.25, 0.3) is 0 Å². The highest BCUT2D eigenvalue weighted by Gasteiger charge is 2.16. The summed E-state index contributed by atoms with van der Waals surface area (Å²) in [5.74, 6) is 1.21. The van der Waals surface area contributed by atoms with Gasteiger partial charge in [0.25, 0.3) is 0 Å². The summed E-state index contributed by atoms with van der Waals surface area (Å²) < 4.78 is 0. The van der Waals surface area contributed by atoms with Crippen molar-refractivity contribution in [3.63, 3.8) is 0 Å². The molecule has 1 atom stereocenters. The van der Waals surface area contributed by atoms with E-state index in [4.69, 9.17) is 5.73 Å². The van der Waals surface area contributed by atoms with E-state index in [2.05, 4.69) is 50.2 Å². The van der Waals surface area contributed by atoms with Crippen molar-refractivity contribution >= 4 is 5.69 Å². The van der Waals surface area contributed by atoms with Gasteiger partial charge in [-0.25, -0.2) is 0 Å². The molecule has 1 fully saturated rings. The maximum atomic E-state index is 5.87. The van der Waals surface area contributed by atoms with Gasteiger partial charge in [-0.05, 0) is 60.1 Å². The first-order valence-electron chi connectivity index (χ1n) is 8.61. The average Bonchev–Trinajstić information content (AvgIpc) is 2.55. The molecular weight excluding hydrogens is 266 g/mol. The second kappa shape index (κ2) is 6.56. The van der Waals surface area contributed by atoms with Gasteiger partial charge in [-0.2, -0.15) is 0 Å². The lowest BCUT2D eigenvalue weighted by molar-refractivity contribution is 0.443. The molecule has 1 nitrogen and oxygen atoms in total. The fourth-order valence-electron chi connectivity index (χ4n) is 3.86. The molecule has 1 saturated carbocycles. The third kappa shape index (κ3) is 3.19. The summed E-state index contributed by atoms with van der Waals surface area (Å²) in [6.07, 6.45) is 6.95. The molecule has 0 spiro atoms. The Balaban J connectivity index is 1.79. The van der Waals surface area contributed by atoms with Gasteiger partial charge in [0, 0.05) is 11.6 Å². The van der Waals surface area contributed by atoms with Crippen LogP contribution in [0.3, 0.4) is 0 Å². The van der Waals surface area contributed by atoms with E-state index in [1.165, 1.54) is 54.4 Å². The van der Waals surface area contributed by atoms with E-state index in [0.29, 0.717) is 5.92 Å². The van der Waals surface area contributed by atoms with Crippen LogP contribution in [0.2, 0.25) is 0 Å². The minimum atomic E-state index is 0.418. The van der Waals surface area contributed by atoms with Gasteiger partial charge >= 0.3 is 0 Å². The van der Waals surface area contributed by atoms with Gasteiger partial charge in [0.2, 0.25) is 0 Å². The van der Waals surface area contributed by atoms with E-state index in [-0.39, 0.29) is 0 Å². The zero-order chi connectivity index (χ0) is 15.5. The largest absolute Gasteiger partial charge is 0.399 e. The fourth-order valence-corrected chi connectivity index (χ4v) is 3.86. The lowest BCUT2D eigenvalue weighted by atomic mass is 9.83. The lowest BCUT2D eigenvalue weighted by Crippen LogP contribution is -2.05. The molecule has 0 heterocycles. The topological polar surface area (TPSA) is 26.0 Å². The third-order valence-corrected chi connectivity index (χ3v) is 5.27. The molecule has 2 N–H and O–H groups in total. The first kappa shape index (κ1) is 15.1. The summed E-state index contributed by atoms with van der Waals surface area (Å²) in [5.41, 5.74) is 12.3. The van der Waals surface area contributed by atoms with Gasteiger partial charge in [0.1, 0.15) is 0 Å². The molecule has 0 saturated heterocycles. The number of aryl methyl sites for hydroxylation is 1. The van der Waals surface area contributed by atoms with Crippen LogP contribution in [0.1, 0.15) is 73.1 Å². The smallest absolute Gasteiger partial charge is 0.0316 e. The van der Waals surface area contributed by atoms with Crippen LogP contribution in [0, 0.1) is 6.92 Å². The molecule has 0 amide bonds. The zero-order valence-corrected chi connectivity index (χ0v) is 13.8. The monoisotopic (exact) mass is 293 g/mol. The summed E-state index contributed by atoms with van der Waals surface area (Å²) in [4.78, 5) is 0. The van der Waals surface area contributed by atoms with Gasteiger partial charge in [-0.3, -0.25) is 0 Å². The molecule has 1 aliphatic rings. The summed E-state index contributed by atoms with van der Waals surface area (Å²) >= 11 is 0. The first-order chi connectivity index (χ1) is 10.6. The lowest BCUT2D eigenvalue weighted by Gasteiger charge is -2.23. The van der Waals surface area contributed by atoms with Crippen LogP contribution >= 0.6 is 0 Å². The van der Waals surface area contributed by atoms with Crippen LogP contribution in [-0.2, 0) is 0 Å². The van der Waals surface area contributed by atoms with E-state index in [1.54, 1.807) is 0 Å². The fraction of sp³-hybridized carbons (Fsp3) is 0.429. The Kier molecular flexibility index (Phi) is 4.52. The second-order valence-electron chi connectivity index (χ2n) is 6.84. The highest BCUT2D eigenvalue weighted by molar-refractivity contribution is 5.47. The Hall–Kier alpha value is -1.76. The van der Waals surface area contributed by atoms with Gasteiger partial charge < -0.3 is 5.73 Å². The minimum absolute atomic E-state index is 0.418. The molecule has 2 aromatic carbocycles. The molecule has 22 heavy (non-hydrogen) atoms. The van der Waals surface area contributed by atoms with Crippen LogP contribution in [-0.4, -0.2) is 0 Å². The normalized spacial score (nSPS) is 17.4. The van der Waals surface area contributed by atoms with Gasteiger partial charge in [0.15, 0.2) is 0 Å². The summed E-state index contributed by atoms with van der Waals surface area (Å²) in [6.45, 7) is 4.44. The molecule has 0 bridgehead atoms. The standard InChI is InChI=1S/C21H27N/c1-15-14-20(22)12-13-21(15)16(2)17-8-10-19(11-9-17)18-6-4-3-5-7-18/h8-14,16,18H,3-7,22H2,1-2H3. The van der Waals surface area contributed by atoms with Crippen molar-refractivity contribution in [2.75, 3.05) is 5.73 Å². The second-order valence-corrected chi connectivity index (χ2v) is 6.84. The number of hydrogen-bond acceptors (Lipinski definition) is 1. The van der Waals surface area contributed by atoms with E-state index in [0.717, 1.165) is 11.6 Å². The molecule has 3 rings (SSSR count). The van der Waals surface area contributed by atoms with Crippen molar-refractivity contribution in [3.8, 4) is 0 Å². The van der Waals surface area contributed by atoms with Gasteiger partial charge in [0.05, 0.1) is 0 Å². The Morgan fingerprint density at radius 2 is 1.64 bits per heavy atom. The Morgan fingerprint density at radius 3 is 2.27 bits per heavy atom. The Bertz CT molecular complexity index is 621. The molecule has 116 valence electrons. The van der Waals surface area contributed by atoms with Gasteiger partial charge in [-0.15, -0.1) is 0 Å². The van der Waals surface area contributed by atoms with Crippen molar-refractivity contribution in [2.45, 2.75) is 57.8 Å². The number of nitrogens with two attached hydrogens (primary N) is 1.